The number of hydrogen-bond acceptors (Lipinski definition) is 4. The van der Waals surface area contributed by atoms with Crippen molar-refractivity contribution >= 4 is 11.7 Å². The molecule has 4 N–H and O–H groups in total. The number of ether oxygens (including phenoxy) is 1. The molecule has 5 heteroatoms. The van der Waals surface area contributed by atoms with Crippen LogP contribution in [0.25, 0.3) is 0 Å². The molecule has 0 saturated heterocycles. The van der Waals surface area contributed by atoms with Gasteiger partial charge < -0.3 is 20.7 Å². The standard InChI is InChI=1S/C9H11NO4/c10-8-6(9(12)13)2-1-3-7(8)14-5-4-11/h1-3,11H,4-5,10H2,(H,12,13). The lowest BCUT2D eigenvalue weighted by atomic mass is 10.1. The van der Waals surface area contributed by atoms with Gasteiger partial charge in [0, 0.05) is 0 Å². The van der Waals surface area contributed by atoms with E-state index < -0.39 is 5.97 Å². The summed E-state index contributed by atoms with van der Waals surface area (Å²) in [5, 5.41) is 17.2. The normalized spacial score (nSPS) is 9.79. The highest BCUT2D eigenvalue weighted by Gasteiger charge is 2.11. The Morgan fingerprint density at radius 1 is 1.50 bits per heavy atom. The fourth-order valence-electron chi connectivity index (χ4n) is 1.01. The Morgan fingerprint density at radius 2 is 2.21 bits per heavy atom. The molecule has 0 bridgehead atoms. The Hall–Kier alpha value is -1.75. The molecule has 0 spiro atoms. The quantitative estimate of drug-likeness (QED) is 0.605. The zero-order chi connectivity index (χ0) is 10.6. The SMILES string of the molecule is Nc1c(OCCO)cccc1C(=O)O. The molecule has 0 saturated carbocycles. The Labute approximate surface area is 80.7 Å². The zero-order valence-corrected chi connectivity index (χ0v) is 7.43. The first kappa shape index (κ1) is 10.3. The topological polar surface area (TPSA) is 92.8 Å². The summed E-state index contributed by atoms with van der Waals surface area (Å²) in [6, 6.07) is 4.48. The van der Waals surface area contributed by atoms with Gasteiger partial charge in [0.05, 0.1) is 17.9 Å². The second kappa shape index (κ2) is 4.48. The first-order valence-electron chi connectivity index (χ1n) is 4.02. The number of aliphatic hydroxyl groups excluding tert-OH is 1. The van der Waals surface area contributed by atoms with Crippen LogP contribution in [0.3, 0.4) is 0 Å². The number of carboxylic acids is 1. The van der Waals surface area contributed by atoms with Gasteiger partial charge in [0.1, 0.15) is 12.4 Å². The Kier molecular flexibility index (Phi) is 3.30. The van der Waals surface area contributed by atoms with E-state index in [4.69, 9.17) is 20.7 Å². The highest BCUT2D eigenvalue weighted by Crippen LogP contribution is 2.24. The van der Waals surface area contributed by atoms with E-state index in [1.807, 2.05) is 0 Å². The van der Waals surface area contributed by atoms with Crippen LogP contribution in [-0.2, 0) is 0 Å². The third kappa shape index (κ3) is 2.14. The van der Waals surface area contributed by atoms with Gasteiger partial charge in [0.25, 0.3) is 0 Å². The maximum Gasteiger partial charge on any atom is 0.337 e. The molecule has 1 aromatic carbocycles. The molecule has 1 aromatic rings. The number of nitrogens with two attached hydrogens (primary N) is 1. The van der Waals surface area contributed by atoms with Gasteiger partial charge in [-0.15, -0.1) is 0 Å². The molecule has 0 amide bonds. The fourth-order valence-corrected chi connectivity index (χ4v) is 1.01. The summed E-state index contributed by atoms with van der Waals surface area (Å²) in [6.45, 7) is -0.0516. The summed E-state index contributed by atoms with van der Waals surface area (Å²) < 4.78 is 5.04. The number of nitrogen functional groups attached to an aromatic ring is 1. The van der Waals surface area contributed by atoms with Crippen LogP contribution in [-0.4, -0.2) is 29.4 Å². The van der Waals surface area contributed by atoms with Crippen molar-refractivity contribution in [3.8, 4) is 5.75 Å². The molecule has 0 atom stereocenters. The van der Waals surface area contributed by atoms with Gasteiger partial charge in [-0.2, -0.15) is 0 Å². The minimum Gasteiger partial charge on any atom is -0.489 e. The third-order valence-electron chi connectivity index (χ3n) is 1.65. The van der Waals surface area contributed by atoms with E-state index in [2.05, 4.69) is 0 Å². The zero-order valence-electron chi connectivity index (χ0n) is 7.43. The third-order valence-corrected chi connectivity index (χ3v) is 1.65. The first-order chi connectivity index (χ1) is 6.66. The van der Waals surface area contributed by atoms with Crippen molar-refractivity contribution in [2.75, 3.05) is 18.9 Å². The minimum absolute atomic E-state index is 0.000407. The Balaban J connectivity index is 2.95. The second-order valence-corrected chi connectivity index (χ2v) is 2.59. The lowest BCUT2D eigenvalue weighted by Gasteiger charge is -2.08. The summed E-state index contributed by atoms with van der Waals surface area (Å²) in [4.78, 5) is 10.7. The molecule has 5 nitrogen and oxygen atoms in total. The largest absolute Gasteiger partial charge is 0.489 e. The number of aliphatic hydroxyl groups is 1. The van der Waals surface area contributed by atoms with E-state index in [0.717, 1.165) is 0 Å². The number of rotatable bonds is 4. The highest BCUT2D eigenvalue weighted by atomic mass is 16.5. The van der Waals surface area contributed by atoms with E-state index >= 15 is 0 Å². The van der Waals surface area contributed by atoms with Crippen molar-refractivity contribution in [3.63, 3.8) is 0 Å². The van der Waals surface area contributed by atoms with Gasteiger partial charge in [-0.25, -0.2) is 4.79 Å². The molecule has 0 fully saturated rings. The number of aromatic carboxylic acids is 1. The average molecular weight is 197 g/mol. The van der Waals surface area contributed by atoms with Crippen LogP contribution >= 0.6 is 0 Å². The van der Waals surface area contributed by atoms with Gasteiger partial charge in [-0.1, -0.05) is 6.07 Å². The van der Waals surface area contributed by atoms with Crippen molar-refractivity contribution in [1.29, 1.82) is 0 Å². The molecular weight excluding hydrogens is 186 g/mol. The van der Waals surface area contributed by atoms with Crippen molar-refractivity contribution in [2.24, 2.45) is 0 Å². The van der Waals surface area contributed by atoms with Crippen molar-refractivity contribution in [1.82, 2.24) is 0 Å². The average Bonchev–Trinajstić information content (AvgIpc) is 2.16. The lowest BCUT2D eigenvalue weighted by Crippen LogP contribution is -2.07. The summed E-state index contributed by atoms with van der Waals surface area (Å²) in [5.74, 6) is -0.823. The van der Waals surface area contributed by atoms with E-state index in [1.165, 1.54) is 12.1 Å². The maximum atomic E-state index is 10.7. The van der Waals surface area contributed by atoms with E-state index in [-0.39, 0.29) is 30.2 Å². The fraction of sp³-hybridized carbons (Fsp3) is 0.222. The molecule has 76 valence electrons. The van der Waals surface area contributed by atoms with Crippen LogP contribution in [0, 0.1) is 0 Å². The highest BCUT2D eigenvalue weighted by molar-refractivity contribution is 5.95. The van der Waals surface area contributed by atoms with Crippen LogP contribution in [0.5, 0.6) is 5.75 Å². The van der Waals surface area contributed by atoms with E-state index in [0.29, 0.717) is 0 Å². The minimum atomic E-state index is -1.10. The predicted octanol–water partition coefficient (Wildman–Crippen LogP) is 0.338. The van der Waals surface area contributed by atoms with Gasteiger partial charge in [-0.3, -0.25) is 0 Å². The molecule has 0 unspecified atom stereocenters. The van der Waals surface area contributed by atoms with E-state index in [1.54, 1.807) is 6.07 Å². The maximum absolute atomic E-state index is 10.7. The van der Waals surface area contributed by atoms with Crippen molar-refractivity contribution < 1.29 is 19.7 Å². The van der Waals surface area contributed by atoms with Gasteiger partial charge in [-0.05, 0) is 12.1 Å². The van der Waals surface area contributed by atoms with E-state index in [9.17, 15) is 4.79 Å². The molecule has 0 aliphatic carbocycles. The lowest BCUT2D eigenvalue weighted by molar-refractivity contribution is 0.0697. The molecule has 0 heterocycles. The van der Waals surface area contributed by atoms with Gasteiger partial charge in [0.15, 0.2) is 0 Å². The van der Waals surface area contributed by atoms with Crippen LogP contribution in [0.2, 0.25) is 0 Å². The summed E-state index contributed by atoms with van der Waals surface area (Å²) in [7, 11) is 0. The van der Waals surface area contributed by atoms with Crippen LogP contribution < -0.4 is 10.5 Å². The number of hydrogen-bond donors (Lipinski definition) is 3. The van der Waals surface area contributed by atoms with Gasteiger partial charge in [0.2, 0.25) is 0 Å². The number of carboxylic acid groups (broad SMARTS) is 1. The number of anilines is 1. The predicted molar refractivity (Wildman–Crippen MR) is 50.4 cm³/mol. The molecular formula is C9H11NO4. The Morgan fingerprint density at radius 3 is 2.79 bits per heavy atom. The molecule has 0 aromatic heterocycles. The van der Waals surface area contributed by atoms with Crippen molar-refractivity contribution in [3.05, 3.63) is 23.8 Å². The number of benzene rings is 1. The Bertz CT molecular complexity index is 338. The summed E-state index contributed by atoms with van der Waals surface area (Å²) in [5.41, 5.74) is 5.62. The molecule has 14 heavy (non-hydrogen) atoms. The van der Waals surface area contributed by atoms with Gasteiger partial charge >= 0.3 is 5.97 Å². The first-order valence-corrected chi connectivity index (χ1v) is 4.02. The van der Waals surface area contributed by atoms with Crippen LogP contribution in [0.1, 0.15) is 10.4 Å². The summed E-state index contributed by atoms with van der Waals surface area (Å²) >= 11 is 0. The molecule has 0 radical (unpaired) electrons. The molecule has 0 aliphatic heterocycles. The molecule has 1 rings (SSSR count). The smallest absolute Gasteiger partial charge is 0.337 e. The summed E-state index contributed by atoms with van der Waals surface area (Å²) in [6.07, 6.45) is 0. The van der Waals surface area contributed by atoms with Crippen molar-refractivity contribution in [2.45, 2.75) is 0 Å². The van der Waals surface area contributed by atoms with Crippen LogP contribution in [0.4, 0.5) is 5.69 Å². The molecule has 0 aliphatic rings. The number of para-hydroxylation sites is 1. The second-order valence-electron chi connectivity index (χ2n) is 2.59. The van der Waals surface area contributed by atoms with Crippen LogP contribution in [0.15, 0.2) is 18.2 Å². The number of carbonyl (C=O) groups is 1. The monoisotopic (exact) mass is 197 g/mol.